The van der Waals surface area contributed by atoms with Crippen molar-refractivity contribution >= 4 is 29.3 Å². The fourth-order valence-electron chi connectivity index (χ4n) is 2.58. The number of anilines is 1. The Balaban J connectivity index is 1.46. The Hall–Kier alpha value is -2.57. The van der Waals surface area contributed by atoms with E-state index in [1.807, 2.05) is 42.5 Å². The fourth-order valence-corrected chi connectivity index (χ4v) is 2.77. The van der Waals surface area contributed by atoms with Crippen LogP contribution in [0.3, 0.4) is 0 Å². The van der Waals surface area contributed by atoms with Crippen LogP contribution in [-0.2, 0) is 27.4 Å². The molecule has 0 saturated carbocycles. The smallest absolute Gasteiger partial charge is 0.414 e. The molecule has 26 heavy (non-hydrogen) atoms. The summed E-state index contributed by atoms with van der Waals surface area (Å²) in [6.45, 7) is 1.50. The SMILES string of the molecule is O=C(COCc1ccccc1Cl)NCc1cccc(N2CCOC2=O)c1. The molecule has 2 amide bonds. The quantitative estimate of drug-likeness (QED) is 0.808. The molecule has 0 radical (unpaired) electrons. The van der Waals surface area contributed by atoms with Crippen LogP contribution in [0.4, 0.5) is 10.5 Å². The summed E-state index contributed by atoms with van der Waals surface area (Å²) in [5, 5.41) is 3.41. The third kappa shape index (κ3) is 4.74. The van der Waals surface area contributed by atoms with E-state index in [0.29, 0.717) is 24.7 Å². The summed E-state index contributed by atoms with van der Waals surface area (Å²) in [5.74, 6) is -0.219. The maximum Gasteiger partial charge on any atom is 0.414 e. The second kappa shape index (κ2) is 8.69. The van der Waals surface area contributed by atoms with Crippen LogP contribution in [-0.4, -0.2) is 31.8 Å². The van der Waals surface area contributed by atoms with E-state index >= 15 is 0 Å². The Morgan fingerprint density at radius 1 is 1.23 bits per heavy atom. The van der Waals surface area contributed by atoms with Crippen molar-refractivity contribution < 1.29 is 19.1 Å². The van der Waals surface area contributed by atoms with Gasteiger partial charge in [-0.2, -0.15) is 0 Å². The van der Waals surface area contributed by atoms with E-state index in [4.69, 9.17) is 21.1 Å². The molecule has 2 aromatic carbocycles. The maximum absolute atomic E-state index is 11.9. The summed E-state index contributed by atoms with van der Waals surface area (Å²) in [5.41, 5.74) is 2.49. The van der Waals surface area contributed by atoms with Crippen LogP contribution >= 0.6 is 11.6 Å². The van der Waals surface area contributed by atoms with Gasteiger partial charge in [0.15, 0.2) is 0 Å². The lowest BCUT2D eigenvalue weighted by atomic mass is 10.2. The molecule has 6 nitrogen and oxygen atoms in total. The van der Waals surface area contributed by atoms with Crippen molar-refractivity contribution in [1.82, 2.24) is 5.32 Å². The highest BCUT2D eigenvalue weighted by atomic mass is 35.5. The molecule has 3 rings (SSSR count). The third-order valence-corrected chi connectivity index (χ3v) is 4.29. The molecule has 0 aliphatic carbocycles. The first-order chi connectivity index (χ1) is 12.6. The predicted molar refractivity (Wildman–Crippen MR) is 98.1 cm³/mol. The number of cyclic esters (lactones) is 1. The normalized spacial score (nSPS) is 13.6. The third-order valence-electron chi connectivity index (χ3n) is 3.92. The summed E-state index contributed by atoms with van der Waals surface area (Å²) in [7, 11) is 0. The molecule has 1 aliphatic heterocycles. The molecule has 0 spiro atoms. The Kier molecular flexibility index (Phi) is 6.09. The minimum atomic E-state index is -0.348. The molecule has 1 aliphatic rings. The summed E-state index contributed by atoms with van der Waals surface area (Å²) in [4.78, 5) is 25.1. The van der Waals surface area contributed by atoms with Gasteiger partial charge in [0, 0.05) is 17.3 Å². The van der Waals surface area contributed by atoms with Gasteiger partial charge in [-0.25, -0.2) is 4.79 Å². The van der Waals surface area contributed by atoms with Crippen LogP contribution in [0.1, 0.15) is 11.1 Å². The topological polar surface area (TPSA) is 67.9 Å². The van der Waals surface area contributed by atoms with Gasteiger partial charge in [0.05, 0.1) is 13.2 Å². The average Bonchev–Trinajstić information content (AvgIpc) is 3.08. The number of amides is 2. The first-order valence-corrected chi connectivity index (χ1v) is 8.62. The molecular formula is C19H19ClN2O4. The fraction of sp³-hybridized carbons (Fsp3) is 0.263. The van der Waals surface area contributed by atoms with Crippen molar-refractivity contribution in [1.29, 1.82) is 0 Å². The molecule has 2 aromatic rings. The van der Waals surface area contributed by atoms with E-state index in [1.54, 1.807) is 11.0 Å². The number of ether oxygens (including phenoxy) is 2. The molecule has 1 heterocycles. The standard InChI is InChI=1S/C19H19ClN2O4/c20-17-7-2-1-5-15(17)12-25-13-18(23)21-11-14-4-3-6-16(10-14)22-8-9-26-19(22)24/h1-7,10H,8-9,11-13H2,(H,21,23). The Morgan fingerprint density at radius 2 is 2.08 bits per heavy atom. The van der Waals surface area contributed by atoms with Gasteiger partial charge in [-0.15, -0.1) is 0 Å². The van der Waals surface area contributed by atoms with Gasteiger partial charge in [0.2, 0.25) is 5.91 Å². The van der Waals surface area contributed by atoms with Gasteiger partial charge in [0.1, 0.15) is 13.2 Å². The van der Waals surface area contributed by atoms with Crippen LogP contribution in [0.2, 0.25) is 5.02 Å². The Morgan fingerprint density at radius 3 is 2.85 bits per heavy atom. The van der Waals surface area contributed by atoms with Crippen LogP contribution in [0, 0.1) is 0 Å². The summed E-state index contributed by atoms with van der Waals surface area (Å²) in [6.07, 6.45) is -0.348. The van der Waals surface area contributed by atoms with Crippen LogP contribution < -0.4 is 10.2 Å². The van der Waals surface area contributed by atoms with Crippen molar-refractivity contribution in [3.63, 3.8) is 0 Å². The monoisotopic (exact) mass is 374 g/mol. The molecule has 1 N–H and O–H groups in total. The summed E-state index contributed by atoms with van der Waals surface area (Å²) < 4.78 is 10.3. The van der Waals surface area contributed by atoms with Crippen molar-refractivity contribution in [3.05, 3.63) is 64.7 Å². The number of carbonyl (C=O) groups excluding carboxylic acids is 2. The average molecular weight is 375 g/mol. The summed E-state index contributed by atoms with van der Waals surface area (Å²) >= 11 is 6.04. The van der Waals surface area contributed by atoms with Crippen LogP contribution in [0.25, 0.3) is 0 Å². The van der Waals surface area contributed by atoms with E-state index in [9.17, 15) is 9.59 Å². The summed E-state index contributed by atoms with van der Waals surface area (Å²) in [6, 6.07) is 14.8. The second-order valence-corrected chi connectivity index (χ2v) is 6.20. The minimum absolute atomic E-state index is 0.0522. The largest absolute Gasteiger partial charge is 0.447 e. The molecule has 136 valence electrons. The van der Waals surface area contributed by atoms with Crippen molar-refractivity contribution in [2.75, 3.05) is 24.7 Å². The van der Waals surface area contributed by atoms with Crippen LogP contribution in [0.5, 0.6) is 0 Å². The van der Waals surface area contributed by atoms with Crippen molar-refractivity contribution in [3.8, 4) is 0 Å². The number of nitrogens with one attached hydrogen (secondary N) is 1. The highest BCUT2D eigenvalue weighted by Crippen LogP contribution is 2.20. The van der Waals surface area contributed by atoms with Gasteiger partial charge < -0.3 is 14.8 Å². The number of carbonyl (C=O) groups is 2. The Labute approximate surface area is 156 Å². The molecule has 0 unspecified atom stereocenters. The van der Waals surface area contributed by atoms with E-state index in [2.05, 4.69) is 5.32 Å². The number of benzene rings is 2. The lowest BCUT2D eigenvalue weighted by molar-refractivity contribution is -0.126. The highest BCUT2D eigenvalue weighted by molar-refractivity contribution is 6.31. The lowest BCUT2D eigenvalue weighted by Gasteiger charge is -2.14. The van der Waals surface area contributed by atoms with E-state index < -0.39 is 0 Å². The van der Waals surface area contributed by atoms with E-state index in [1.165, 1.54) is 0 Å². The van der Waals surface area contributed by atoms with Crippen molar-refractivity contribution in [2.24, 2.45) is 0 Å². The number of hydrogen-bond donors (Lipinski definition) is 1. The zero-order valence-electron chi connectivity index (χ0n) is 14.1. The molecule has 1 fully saturated rings. The number of nitrogens with zero attached hydrogens (tertiary/aromatic N) is 1. The van der Waals surface area contributed by atoms with E-state index in [-0.39, 0.29) is 25.2 Å². The first kappa shape index (κ1) is 18.2. The maximum atomic E-state index is 11.9. The first-order valence-electron chi connectivity index (χ1n) is 8.24. The van der Waals surface area contributed by atoms with Gasteiger partial charge in [0.25, 0.3) is 0 Å². The van der Waals surface area contributed by atoms with Crippen molar-refractivity contribution in [2.45, 2.75) is 13.2 Å². The molecular weight excluding hydrogens is 356 g/mol. The number of rotatable bonds is 7. The second-order valence-electron chi connectivity index (χ2n) is 5.80. The number of hydrogen-bond acceptors (Lipinski definition) is 4. The van der Waals surface area contributed by atoms with Crippen LogP contribution in [0.15, 0.2) is 48.5 Å². The number of halogens is 1. The van der Waals surface area contributed by atoms with Gasteiger partial charge >= 0.3 is 6.09 Å². The zero-order valence-corrected chi connectivity index (χ0v) is 14.9. The molecule has 0 atom stereocenters. The van der Waals surface area contributed by atoms with Gasteiger partial charge in [-0.3, -0.25) is 9.69 Å². The molecule has 0 bridgehead atoms. The lowest BCUT2D eigenvalue weighted by Crippen LogP contribution is -2.27. The highest BCUT2D eigenvalue weighted by Gasteiger charge is 2.23. The van der Waals surface area contributed by atoms with Gasteiger partial charge in [-0.05, 0) is 29.3 Å². The molecule has 1 saturated heterocycles. The van der Waals surface area contributed by atoms with Gasteiger partial charge in [-0.1, -0.05) is 41.9 Å². The van der Waals surface area contributed by atoms with E-state index in [0.717, 1.165) is 16.8 Å². The zero-order chi connectivity index (χ0) is 18.4. The predicted octanol–water partition coefficient (Wildman–Crippen LogP) is 3.13. The molecule has 7 heteroatoms. The Bertz CT molecular complexity index is 797. The minimum Gasteiger partial charge on any atom is -0.447 e. The molecule has 0 aromatic heterocycles.